The molecule has 80 valence electrons. The SMILES string of the molecule is CNC(=O)C(=O)Nc1cccc(Cl)c1Cl. The Bertz CT molecular complexity index is 407. The molecule has 1 rings (SSSR count). The predicted molar refractivity (Wildman–Crippen MR) is 59.2 cm³/mol. The lowest BCUT2D eigenvalue weighted by atomic mass is 10.3. The monoisotopic (exact) mass is 246 g/mol. The average molecular weight is 247 g/mol. The normalized spacial score (nSPS) is 9.53. The van der Waals surface area contributed by atoms with Gasteiger partial charge in [0.15, 0.2) is 0 Å². The highest BCUT2D eigenvalue weighted by Gasteiger charge is 2.13. The standard InChI is InChI=1S/C9H8Cl2N2O2/c1-12-8(14)9(15)13-6-4-2-3-5(10)7(6)11/h2-4H,1H3,(H,12,14)(H,13,15). The topological polar surface area (TPSA) is 58.2 Å². The molecule has 0 aromatic heterocycles. The minimum Gasteiger partial charge on any atom is -0.351 e. The summed E-state index contributed by atoms with van der Waals surface area (Å²) in [6, 6.07) is 4.75. The average Bonchev–Trinajstić information content (AvgIpc) is 2.23. The first kappa shape index (κ1) is 11.8. The molecule has 0 unspecified atom stereocenters. The van der Waals surface area contributed by atoms with Gasteiger partial charge in [0.05, 0.1) is 15.7 Å². The zero-order chi connectivity index (χ0) is 11.4. The van der Waals surface area contributed by atoms with Crippen LogP contribution in [-0.2, 0) is 9.59 Å². The van der Waals surface area contributed by atoms with Gasteiger partial charge in [0.1, 0.15) is 0 Å². The van der Waals surface area contributed by atoms with Crippen molar-refractivity contribution in [2.75, 3.05) is 12.4 Å². The summed E-state index contributed by atoms with van der Waals surface area (Å²) in [5.74, 6) is -1.53. The number of amides is 2. The van der Waals surface area contributed by atoms with Crippen LogP contribution in [0.4, 0.5) is 5.69 Å². The van der Waals surface area contributed by atoms with Gasteiger partial charge in [-0.2, -0.15) is 0 Å². The Morgan fingerprint density at radius 3 is 2.47 bits per heavy atom. The summed E-state index contributed by atoms with van der Waals surface area (Å²) in [5.41, 5.74) is 0.303. The van der Waals surface area contributed by atoms with Crippen molar-refractivity contribution in [1.29, 1.82) is 0 Å². The zero-order valence-electron chi connectivity index (χ0n) is 7.80. The van der Waals surface area contributed by atoms with Crippen molar-refractivity contribution in [3.05, 3.63) is 28.2 Å². The molecule has 0 fully saturated rings. The molecule has 4 nitrogen and oxygen atoms in total. The van der Waals surface area contributed by atoms with Crippen molar-refractivity contribution in [2.24, 2.45) is 0 Å². The molecule has 6 heteroatoms. The highest BCUT2D eigenvalue weighted by molar-refractivity contribution is 6.45. The molecule has 0 aliphatic heterocycles. The smallest absolute Gasteiger partial charge is 0.313 e. The predicted octanol–water partition coefficient (Wildman–Crippen LogP) is 1.68. The van der Waals surface area contributed by atoms with E-state index in [1.807, 2.05) is 0 Å². The minimum atomic E-state index is -0.790. The van der Waals surface area contributed by atoms with Gasteiger partial charge in [-0.3, -0.25) is 9.59 Å². The van der Waals surface area contributed by atoms with E-state index in [0.29, 0.717) is 10.7 Å². The fraction of sp³-hybridized carbons (Fsp3) is 0.111. The fourth-order valence-corrected chi connectivity index (χ4v) is 1.24. The van der Waals surface area contributed by atoms with Crippen LogP contribution < -0.4 is 10.6 Å². The number of rotatable bonds is 1. The van der Waals surface area contributed by atoms with Gasteiger partial charge in [0, 0.05) is 7.05 Å². The lowest BCUT2D eigenvalue weighted by Crippen LogP contribution is -2.32. The number of halogens is 2. The van der Waals surface area contributed by atoms with Gasteiger partial charge >= 0.3 is 11.8 Å². The molecular weight excluding hydrogens is 239 g/mol. The second-order valence-electron chi connectivity index (χ2n) is 2.63. The van der Waals surface area contributed by atoms with E-state index in [1.54, 1.807) is 18.2 Å². The molecule has 0 radical (unpaired) electrons. The van der Waals surface area contributed by atoms with Crippen LogP contribution in [0.1, 0.15) is 0 Å². The molecule has 0 saturated heterocycles. The Morgan fingerprint density at radius 2 is 1.87 bits per heavy atom. The number of anilines is 1. The zero-order valence-corrected chi connectivity index (χ0v) is 9.32. The maximum absolute atomic E-state index is 11.2. The first-order valence-corrected chi connectivity index (χ1v) is 4.79. The van der Waals surface area contributed by atoms with E-state index in [1.165, 1.54) is 7.05 Å². The van der Waals surface area contributed by atoms with Crippen molar-refractivity contribution in [3.63, 3.8) is 0 Å². The molecule has 0 bridgehead atoms. The number of nitrogens with one attached hydrogen (secondary N) is 2. The third-order valence-electron chi connectivity index (χ3n) is 1.63. The number of hydrogen-bond donors (Lipinski definition) is 2. The van der Waals surface area contributed by atoms with E-state index < -0.39 is 11.8 Å². The van der Waals surface area contributed by atoms with Crippen LogP contribution in [0.25, 0.3) is 0 Å². The Morgan fingerprint density at radius 1 is 1.20 bits per heavy atom. The first-order chi connectivity index (χ1) is 7.06. The number of likely N-dealkylation sites (N-methyl/N-ethyl adjacent to an activating group) is 1. The molecule has 15 heavy (non-hydrogen) atoms. The summed E-state index contributed by atoms with van der Waals surface area (Å²) in [6.07, 6.45) is 0. The van der Waals surface area contributed by atoms with Crippen molar-refractivity contribution in [2.45, 2.75) is 0 Å². The highest BCUT2D eigenvalue weighted by atomic mass is 35.5. The van der Waals surface area contributed by atoms with E-state index in [4.69, 9.17) is 23.2 Å². The second-order valence-corrected chi connectivity index (χ2v) is 3.42. The summed E-state index contributed by atoms with van der Waals surface area (Å²) in [6.45, 7) is 0. The van der Waals surface area contributed by atoms with Gasteiger partial charge < -0.3 is 10.6 Å². The fourth-order valence-electron chi connectivity index (χ4n) is 0.893. The Kier molecular flexibility index (Phi) is 3.94. The Labute approximate surface area is 96.6 Å². The van der Waals surface area contributed by atoms with Crippen molar-refractivity contribution < 1.29 is 9.59 Å². The highest BCUT2D eigenvalue weighted by Crippen LogP contribution is 2.29. The van der Waals surface area contributed by atoms with E-state index in [2.05, 4.69) is 10.6 Å². The molecule has 0 aliphatic carbocycles. The molecule has 0 aliphatic rings. The first-order valence-electron chi connectivity index (χ1n) is 4.03. The molecule has 1 aromatic carbocycles. The van der Waals surface area contributed by atoms with Gasteiger partial charge in [-0.25, -0.2) is 0 Å². The second kappa shape index (κ2) is 5.00. The van der Waals surface area contributed by atoms with E-state index >= 15 is 0 Å². The third kappa shape index (κ3) is 2.84. The van der Waals surface area contributed by atoms with E-state index in [-0.39, 0.29) is 5.02 Å². The van der Waals surface area contributed by atoms with Crippen LogP contribution in [0, 0.1) is 0 Å². The Hall–Kier alpha value is -1.26. The van der Waals surface area contributed by atoms with Crippen LogP contribution in [0.5, 0.6) is 0 Å². The quantitative estimate of drug-likeness (QED) is 0.741. The van der Waals surface area contributed by atoms with Gasteiger partial charge in [-0.05, 0) is 12.1 Å². The van der Waals surface area contributed by atoms with Crippen molar-refractivity contribution in [1.82, 2.24) is 5.32 Å². The molecule has 0 atom stereocenters. The molecule has 0 heterocycles. The largest absolute Gasteiger partial charge is 0.351 e. The summed E-state index contributed by atoms with van der Waals surface area (Å²) in [4.78, 5) is 22.1. The number of carbonyl (C=O) groups excluding carboxylic acids is 2. The van der Waals surface area contributed by atoms with Crippen molar-refractivity contribution in [3.8, 4) is 0 Å². The summed E-state index contributed by atoms with van der Waals surface area (Å²) in [7, 11) is 1.36. The van der Waals surface area contributed by atoms with Gasteiger partial charge in [-0.1, -0.05) is 29.3 Å². The summed E-state index contributed by atoms with van der Waals surface area (Å²) < 4.78 is 0. The van der Waals surface area contributed by atoms with Crippen molar-refractivity contribution >= 4 is 40.7 Å². The summed E-state index contributed by atoms with van der Waals surface area (Å²) >= 11 is 11.5. The maximum atomic E-state index is 11.2. The van der Waals surface area contributed by atoms with Crippen LogP contribution >= 0.6 is 23.2 Å². The van der Waals surface area contributed by atoms with Crippen LogP contribution in [0.15, 0.2) is 18.2 Å². The number of hydrogen-bond acceptors (Lipinski definition) is 2. The molecular formula is C9H8Cl2N2O2. The van der Waals surface area contributed by atoms with E-state index in [9.17, 15) is 9.59 Å². The molecule has 2 N–H and O–H groups in total. The molecule has 2 amide bonds. The summed E-state index contributed by atoms with van der Waals surface area (Å²) in [5, 5.41) is 5.04. The van der Waals surface area contributed by atoms with Gasteiger partial charge in [0.2, 0.25) is 0 Å². The Balaban J connectivity index is 2.86. The lowest BCUT2D eigenvalue weighted by molar-refractivity contribution is -0.135. The van der Waals surface area contributed by atoms with Crippen LogP contribution in [-0.4, -0.2) is 18.9 Å². The van der Waals surface area contributed by atoms with E-state index in [0.717, 1.165) is 0 Å². The van der Waals surface area contributed by atoms with Gasteiger partial charge in [-0.15, -0.1) is 0 Å². The van der Waals surface area contributed by atoms with Gasteiger partial charge in [0.25, 0.3) is 0 Å². The molecule has 0 spiro atoms. The maximum Gasteiger partial charge on any atom is 0.313 e. The molecule has 1 aromatic rings. The number of carbonyl (C=O) groups is 2. The number of benzene rings is 1. The van der Waals surface area contributed by atoms with Crippen LogP contribution in [0.3, 0.4) is 0 Å². The lowest BCUT2D eigenvalue weighted by Gasteiger charge is -2.06. The molecule has 0 saturated carbocycles. The minimum absolute atomic E-state index is 0.205. The third-order valence-corrected chi connectivity index (χ3v) is 2.45. The van der Waals surface area contributed by atoms with Crippen LogP contribution in [0.2, 0.25) is 10.0 Å².